The van der Waals surface area contributed by atoms with Gasteiger partial charge in [0.2, 0.25) is 0 Å². The summed E-state index contributed by atoms with van der Waals surface area (Å²) in [6.07, 6.45) is 0.436. The third-order valence-corrected chi connectivity index (χ3v) is 3.61. The summed E-state index contributed by atoms with van der Waals surface area (Å²) < 4.78 is 6.27. The lowest BCUT2D eigenvalue weighted by Crippen LogP contribution is -2.30. The van der Waals surface area contributed by atoms with Crippen LogP contribution in [-0.4, -0.2) is 25.7 Å². The number of anilines is 1. The molecule has 2 rings (SSSR count). The van der Waals surface area contributed by atoms with Gasteiger partial charge in [0.25, 0.3) is 0 Å². The smallest absolute Gasteiger partial charge is 0.187 e. The Morgan fingerprint density at radius 3 is 3.23 bits per heavy atom. The van der Waals surface area contributed by atoms with Crippen molar-refractivity contribution in [3.63, 3.8) is 0 Å². The van der Waals surface area contributed by atoms with Gasteiger partial charge in [-0.15, -0.1) is 11.3 Å². The fourth-order valence-corrected chi connectivity index (χ4v) is 2.77. The Morgan fingerprint density at radius 1 is 1.77 bits per heavy atom. The van der Waals surface area contributed by atoms with E-state index < -0.39 is 6.23 Å². The van der Waals surface area contributed by atoms with Crippen molar-refractivity contribution in [1.82, 2.24) is 0 Å². The van der Waals surface area contributed by atoms with Gasteiger partial charge >= 0.3 is 0 Å². The van der Waals surface area contributed by atoms with E-state index in [0.717, 1.165) is 22.3 Å². The van der Waals surface area contributed by atoms with Crippen LogP contribution >= 0.6 is 27.3 Å². The highest BCUT2D eigenvalue weighted by Gasteiger charge is 2.25. The summed E-state index contributed by atoms with van der Waals surface area (Å²) in [5.41, 5.74) is 0. The number of hydrogen-bond acceptors (Lipinski definition) is 4. The quantitative estimate of drug-likeness (QED) is 0.762. The second-order valence-corrected chi connectivity index (χ2v) is 4.50. The van der Waals surface area contributed by atoms with Crippen molar-refractivity contribution in [2.45, 2.75) is 6.23 Å². The van der Waals surface area contributed by atoms with Crippen LogP contribution in [0.1, 0.15) is 0 Å². The Hall–Kier alpha value is -0.390. The molecule has 5 heteroatoms. The first-order chi connectivity index (χ1) is 6.31. The lowest BCUT2D eigenvalue weighted by atomic mass is 10.5. The fourth-order valence-electron chi connectivity index (χ4n) is 1.29. The van der Waals surface area contributed by atoms with E-state index in [-0.39, 0.29) is 0 Å². The molecule has 0 bridgehead atoms. The highest BCUT2D eigenvalue weighted by atomic mass is 79.9. The van der Waals surface area contributed by atoms with E-state index in [2.05, 4.69) is 15.9 Å². The maximum atomic E-state index is 10.6. The molecule has 0 spiro atoms. The number of carbonyl (C=O) groups is 1. The average molecular weight is 262 g/mol. The third-order valence-electron chi connectivity index (χ3n) is 1.88. The van der Waals surface area contributed by atoms with E-state index in [1.807, 2.05) is 16.3 Å². The predicted molar refractivity (Wildman–Crippen MR) is 55.2 cm³/mol. The highest BCUT2D eigenvalue weighted by Crippen LogP contribution is 2.30. The second kappa shape index (κ2) is 3.77. The van der Waals surface area contributed by atoms with Crippen molar-refractivity contribution >= 4 is 38.6 Å². The molecule has 0 aliphatic carbocycles. The molecule has 0 amide bonds. The van der Waals surface area contributed by atoms with Crippen molar-refractivity contribution in [1.29, 1.82) is 0 Å². The first-order valence-corrected chi connectivity index (χ1v) is 5.56. The molecule has 1 unspecified atom stereocenters. The average Bonchev–Trinajstić information content (AvgIpc) is 2.71. The van der Waals surface area contributed by atoms with E-state index in [4.69, 9.17) is 4.74 Å². The molecular formula is C8H8BrNO2S. The molecular weight excluding hydrogens is 254 g/mol. The summed E-state index contributed by atoms with van der Waals surface area (Å²) in [6, 6.07) is 2.00. The Morgan fingerprint density at radius 2 is 2.62 bits per heavy atom. The number of nitrogens with zero attached hydrogens (tertiary/aromatic N) is 1. The maximum absolute atomic E-state index is 10.6. The van der Waals surface area contributed by atoms with Crippen molar-refractivity contribution in [3.05, 3.63) is 15.9 Å². The maximum Gasteiger partial charge on any atom is 0.187 e. The van der Waals surface area contributed by atoms with E-state index in [0.29, 0.717) is 6.61 Å². The highest BCUT2D eigenvalue weighted by molar-refractivity contribution is 9.10. The minimum atomic E-state index is -0.398. The van der Waals surface area contributed by atoms with Gasteiger partial charge in [0.15, 0.2) is 12.5 Å². The Labute approximate surface area is 88.4 Å². The van der Waals surface area contributed by atoms with Crippen LogP contribution in [0.3, 0.4) is 0 Å². The molecule has 1 atom stereocenters. The molecule has 0 aromatic carbocycles. The molecule has 0 saturated carbocycles. The monoisotopic (exact) mass is 261 g/mol. The minimum Gasteiger partial charge on any atom is -0.349 e. The fraction of sp³-hybridized carbons (Fsp3) is 0.375. The van der Waals surface area contributed by atoms with Gasteiger partial charge in [-0.05, 0) is 22.0 Å². The Bertz CT molecular complexity index is 315. The lowest BCUT2D eigenvalue weighted by Gasteiger charge is -2.17. The van der Waals surface area contributed by atoms with Crippen LogP contribution in [0.4, 0.5) is 5.00 Å². The van der Waals surface area contributed by atoms with Crippen molar-refractivity contribution in [2.24, 2.45) is 0 Å². The number of ether oxygens (including phenoxy) is 1. The zero-order chi connectivity index (χ0) is 9.26. The molecule has 2 heterocycles. The standard InChI is InChI=1S/C8H8BrNO2S/c9-6-3-8(13-5-6)10-1-2-12-7(10)4-11/h3-5,7H,1-2H2. The van der Waals surface area contributed by atoms with Gasteiger partial charge in [0.1, 0.15) is 0 Å². The normalized spacial score (nSPS) is 22.2. The van der Waals surface area contributed by atoms with Crippen LogP contribution in [0, 0.1) is 0 Å². The van der Waals surface area contributed by atoms with Gasteiger partial charge in [-0.1, -0.05) is 0 Å². The molecule has 1 fully saturated rings. The molecule has 3 nitrogen and oxygen atoms in total. The van der Waals surface area contributed by atoms with Gasteiger partial charge in [-0.2, -0.15) is 0 Å². The molecule has 1 saturated heterocycles. The van der Waals surface area contributed by atoms with Crippen LogP contribution < -0.4 is 4.90 Å². The first kappa shape index (κ1) is 9.18. The van der Waals surface area contributed by atoms with Crippen LogP contribution in [0.5, 0.6) is 0 Å². The Kier molecular flexibility index (Phi) is 2.66. The molecule has 0 radical (unpaired) electrons. The molecule has 1 aromatic heterocycles. The van der Waals surface area contributed by atoms with Crippen LogP contribution in [0.25, 0.3) is 0 Å². The summed E-state index contributed by atoms with van der Waals surface area (Å²) in [4.78, 5) is 12.6. The largest absolute Gasteiger partial charge is 0.349 e. The molecule has 70 valence electrons. The van der Waals surface area contributed by atoms with Gasteiger partial charge in [0, 0.05) is 16.4 Å². The first-order valence-electron chi connectivity index (χ1n) is 3.89. The van der Waals surface area contributed by atoms with Gasteiger partial charge < -0.3 is 9.64 Å². The molecule has 1 aliphatic rings. The topological polar surface area (TPSA) is 29.5 Å². The van der Waals surface area contributed by atoms with Gasteiger partial charge in [0.05, 0.1) is 11.6 Å². The lowest BCUT2D eigenvalue weighted by molar-refractivity contribution is -0.115. The SMILES string of the molecule is O=CC1OCCN1c1cc(Br)cs1. The number of thiophene rings is 1. The summed E-state index contributed by atoms with van der Waals surface area (Å²) in [6.45, 7) is 1.41. The van der Waals surface area contributed by atoms with E-state index in [1.54, 1.807) is 11.3 Å². The number of carbonyl (C=O) groups excluding carboxylic acids is 1. The van der Waals surface area contributed by atoms with Crippen LogP contribution in [0.15, 0.2) is 15.9 Å². The Balaban J connectivity index is 2.20. The predicted octanol–water partition coefficient (Wildman–Crippen LogP) is 1.87. The van der Waals surface area contributed by atoms with Gasteiger partial charge in [-0.3, -0.25) is 4.79 Å². The minimum absolute atomic E-state index is 0.398. The van der Waals surface area contributed by atoms with E-state index >= 15 is 0 Å². The summed E-state index contributed by atoms with van der Waals surface area (Å²) >= 11 is 4.98. The second-order valence-electron chi connectivity index (χ2n) is 2.69. The van der Waals surface area contributed by atoms with Crippen LogP contribution in [-0.2, 0) is 9.53 Å². The number of rotatable bonds is 2. The molecule has 1 aliphatic heterocycles. The van der Waals surface area contributed by atoms with Crippen molar-refractivity contribution in [3.8, 4) is 0 Å². The summed E-state index contributed by atoms with van der Waals surface area (Å²) in [5.74, 6) is 0. The summed E-state index contributed by atoms with van der Waals surface area (Å²) in [5, 5.41) is 3.07. The van der Waals surface area contributed by atoms with Crippen molar-refractivity contribution < 1.29 is 9.53 Å². The third kappa shape index (κ3) is 1.77. The number of halogens is 1. The summed E-state index contributed by atoms with van der Waals surface area (Å²) in [7, 11) is 0. The van der Waals surface area contributed by atoms with Crippen LogP contribution in [0.2, 0.25) is 0 Å². The number of aldehydes is 1. The van der Waals surface area contributed by atoms with Gasteiger partial charge in [-0.25, -0.2) is 0 Å². The van der Waals surface area contributed by atoms with E-state index in [9.17, 15) is 4.79 Å². The number of hydrogen-bond donors (Lipinski definition) is 0. The zero-order valence-corrected chi connectivity index (χ0v) is 9.18. The molecule has 13 heavy (non-hydrogen) atoms. The zero-order valence-electron chi connectivity index (χ0n) is 6.77. The van der Waals surface area contributed by atoms with E-state index in [1.165, 1.54) is 0 Å². The molecule has 0 N–H and O–H groups in total. The molecule has 1 aromatic rings. The van der Waals surface area contributed by atoms with Crippen molar-refractivity contribution in [2.75, 3.05) is 18.1 Å².